The quantitative estimate of drug-likeness (QED) is 0.401. The lowest BCUT2D eigenvalue weighted by molar-refractivity contribution is -0.0153. The van der Waals surface area contributed by atoms with Gasteiger partial charge in [-0.2, -0.15) is 0 Å². The Bertz CT molecular complexity index is 1170. The molecule has 0 unspecified atom stereocenters. The Kier molecular flexibility index (Phi) is 6.40. The molecule has 0 bridgehead atoms. The van der Waals surface area contributed by atoms with Gasteiger partial charge in [-0.25, -0.2) is 4.79 Å². The van der Waals surface area contributed by atoms with E-state index in [1.54, 1.807) is 57.2 Å². The maximum absolute atomic E-state index is 12.7. The molecule has 0 saturated carbocycles. The molecule has 3 aromatic rings. The molecule has 9 nitrogen and oxygen atoms in total. The highest BCUT2D eigenvalue weighted by atomic mass is 35.5. The number of ether oxygens (including phenoxy) is 2. The van der Waals surface area contributed by atoms with E-state index >= 15 is 0 Å². The van der Waals surface area contributed by atoms with Crippen molar-refractivity contribution in [2.75, 3.05) is 5.32 Å². The van der Waals surface area contributed by atoms with Crippen LogP contribution in [0, 0.1) is 0 Å². The van der Waals surface area contributed by atoms with E-state index in [1.165, 1.54) is 12.1 Å². The third-order valence-corrected chi connectivity index (χ3v) is 4.15. The van der Waals surface area contributed by atoms with E-state index in [-0.39, 0.29) is 11.2 Å². The normalized spacial score (nSPS) is 11.5. The van der Waals surface area contributed by atoms with Gasteiger partial charge in [-0.1, -0.05) is 23.7 Å². The summed E-state index contributed by atoms with van der Waals surface area (Å²) in [6, 6.07) is 12.9. The third-order valence-electron chi connectivity index (χ3n) is 3.84. The molecule has 0 aliphatic carbocycles. The summed E-state index contributed by atoms with van der Waals surface area (Å²) in [6.45, 7) is 4.94. The molecular formula is C21H21ClN2O7. The first kappa shape index (κ1) is 22.4. The van der Waals surface area contributed by atoms with Crippen LogP contribution in [0.2, 0.25) is 5.02 Å². The fourth-order valence-electron chi connectivity index (χ4n) is 2.66. The summed E-state index contributed by atoms with van der Waals surface area (Å²) in [5.41, 5.74) is -1.67. The van der Waals surface area contributed by atoms with E-state index in [2.05, 4.69) is 5.32 Å². The second-order valence-electron chi connectivity index (χ2n) is 7.48. The van der Waals surface area contributed by atoms with E-state index in [9.17, 15) is 19.8 Å². The Morgan fingerprint density at radius 2 is 1.84 bits per heavy atom. The van der Waals surface area contributed by atoms with Crippen molar-refractivity contribution < 1.29 is 29.3 Å². The second kappa shape index (κ2) is 8.84. The first-order valence-electron chi connectivity index (χ1n) is 9.20. The van der Waals surface area contributed by atoms with Crippen molar-refractivity contribution >= 4 is 34.3 Å². The highest BCUT2D eigenvalue weighted by Gasteiger charge is 2.21. The highest BCUT2D eigenvalue weighted by molar-refractivity contribution is 6.32. The minimum Gasteiger partial charge on any atom is -0.456 e. The number of anilines is 1. The highest BCUT2D eigenvalue weighted by Crippen LogP contribution is 2.31. The van der Waals surface area contributed by atoms with Crippen LogP contribution >= 0.6 is 11.6 Å². The number of hydrogen-bond donors (Lipinski definition) is 3. The van der Waals surface area contributed by atoms with Gasteiger partial charge in [0, 0.05) is 5.39 Å². The lowest BCUT2D eigenvalue weighted by Crippen LogP contribution is -2.37. The fraction of sp³-hybridized carbons (Fsp3) is 0.238. The standard InChI is InChI=1S/C21H21ClN2O7/c1-21(2,3)30-20(28)31-24-16-9-8-13(29-17-7-5-4-6-14(17)22)10-12(16)11-15(18(24)25)23-19(26)27/h4-11,19,23,26-27H,1-3H3. The summed E-state index contributed by atoms with van der Waals surface area (Å²) in [7, 11) is 0. The molecule has 10 heteroatoms. The van der Waals surface area contributed by atoms with E-state index in [4.69, 9.17) is 25.9 Å². The van der Waals surface area contributed by atoms with Crippen molar-refractivity contribution in [3.8, 4) is 11.5 Å². The van der Waals surface area contributed by atoms with Crippen LogP contribution in [0.1, 0.15) is 20.8 Å². The number of pyridine rings is 1. The molecule has 2 aromatic carbocycles. The maximum Gasteiger partial charge on any atom is 0.534 e. The smallest absolute Gasteiger partial charge is 0.456 e. The summed E-state index contributed by atoms with van der Waals surface area (Å²) >= 11 is 6.12. The Morgan fingerprint density at radius 1 is 1.13 bits per heavy atom. The Balaban J connectivity index is 2.06. The van der Waals surface area contributed by atoms with Crippen molar-refractivity contribution in [2.24, 2.45) is 0 Å². The van der Waals surface area contributed by atoms with Crippen LogP contribution in [-0.2, 0) is 4.74 Å². The number of aliphatic hydroxyl groups excluding tert-OH is 1. The number of benzene rings is 2. The third kappa shape index (κ3) is 5.66. The predicted octanol–water partition coefficient (Wildman–Crippen LogP) is 3.49. The lowest BCUT2D eigenvalue weighted by atomic mass is 10.2. The minimum absolute atomic E-state index is 0.221. The SMILES string of the molecule is CC(C)(C)OC(=O)On1c(=O)c(NC(O)O)cc2cc(Oc3ccccc3Cl)ccc21. The lowest BCUT2D eigenvalue weighted by Gasteiger charge is -2.20. The molecular weight excluding hydrogens is 428 g/mol. The van der Waals surface area contributed by atoms with Gasteiger partial charge in [-0.3, -0.25) is 9.63 Å². The van der Waals surface area contributed by atoms with Crippen molar-refractivity contribution in [3.05, 3.63) is 63.9 Å². The van der Waals surface area contributed by atoms with Crippen LogP contribution in [0.15, 0.2) is 53.3 Å². The van der Waals surface area contributed by atoms with Gasteiger partial charge in [-0.05, 0) is 57.2 Å². The molecule has 0 fully saturated rings. The van der Waals surface area contributed by atoms with Crippen molar-refractivity contribution in [1.29, 1.82) is 0 Å². The van der Waals surface area contributed by atoms with Gasteiger partial charge in [0.2, 0.25) is 6.41 Å². The fourth-order valence-corrected chi connectivity index (χ4v) is 2.84. The second-order valence-corrected chi connectivity index (χ2v) is 7.89. The van der Waals surface area contributed by atoms with Crippen LogP contribution < -0.4 is 20.5 Å². The molecule has 3 rings (SSSR count). The number of fused-ring (bicyclic) bond motifs is 1. The topological polar surface area (TPSA) is 119 Å². The van der Waals surface area contributed by atoms with Crippen LogP contribution in [0.25, 0.3) is 10.9 Å². The first-order chi connectivity index (χ1) is 14.5. The van der Waals surface area contributed by atoms with Crippen LogP contribution in [0.3, 0.4) is 0 Å². The Hall–Kier alpha value is -3.27. The molecule has 0 aliphatic heterocycles. The molecule has 0 aliphatic rings. The Labute approximate surface area is 182 Å². The van der Waals surface area contributed by atoms with Gasteiger partial charge in [0.25, 0.3) is 0 Å². The molecule has 0 amide bonds. The number of aliphatic hydroxyl groups is 2. The van der Waals surface area contributed by atoms with Crippen molar-refractivity contribution in [1.82, 2.24) is 4.73 Å². The Morgan fingerprint density at radius 3 is 2.48 bits per heavy atom. The van der Waals surface area contributed by atoms with Crippen LogP contribution in [-0.4, -0.2) is 33.1 Å². The molecule has 164 valence electrons. The number of para-hydroxylation sites is 1. The molecule has 0 saturated heterocycles. The van der Waals surface area contributed by atoms with Crippen LogP contribution in [0.4, 0.5) is 10.5 Å². The van der Waals surface area contributed by atoms with Gasteiger partial charge >= 0.3 is 11.7 Å². The largest absolute Gasteiger partial charge is 0.534 e. The molecule has 0 atom stereocenters. The van der Waals surface area contributed by atoms with Gasteiger partial charge in [-0.15, -0.1) is 4.73 Å². The number of carbonyl (C=O) groups is 1. The van der Waals surface area contributed by atoms with E-state index < -0.39 is 23.7 Å². The van der Waals surface area contributed by atoms with E-state index in [1.807, 2.05) is 0 Å². The summed E-state index contributed by atoms with van der Waals surface area (Å²) in [6.07, 6.45) is -3.11. The van der Waals surface area contributed by atoms with Gasteiger partial charge in [0.05, 0.1) is 10.5 Å². The molecule has 0 radical (unpaired) electrons. The number of carbonyl (C=O) groups excluding carboxylic acids is 1. The van der Waals surface area contributed by atoms with Crippen LogP contribution in [0.5, 0.6) is 11.5 Å². The van der Waals surface area contributed by atoms with E-state index in [0.29, 0.717) is 26.6 Å². The number of nitrogens with one attached hydrogen (secondary N) is 1. The molecule has 1 aromatic heterocycles. The van der Waals surface area contributed by atoms with Gasteiger partial charge < -0.3 is 25.0 Å². The van der Waals surface area contributed by atoms with Gasteiger partial charge in [0.1, 0.15) is 22.8 Å². The molecule has 0 spiro atoms. The van der Waals surface area contributed by atoms with Crippen molar-refractivity contribution in [3.63, 3.8) is 0 Å². The monoisotopic (exact) mass is 448 g/mol. The average Bonchev–Trinajstić information content (AvgIpc) is 2.65. The predicted molar refractivity (Wildman–Crippen MR) is 114 cm³/mol. The summed E-state index contributed by atoms with van der Waals surface area (Å²) in [5, 5.41) is 21.5. The number of rotatable bonds is 5. The number of halogens is 1. The molecule has 3 N–H and O–H groups in total. The number of aromatic nitrogens is 1. The average molecular weight is 449 g/mol. The summed E-state index contributed by atoms with van der Waals surface area (Å²) < 4.78 is 11.6. The zero-order chi connectivity index (χ0) is 22.8. The minimum atomic E-state index is -2.01. The van der Waals surface area contributed by atoms with E-state index in [0.717, 1.165) is 0 Å². The first-order valence-corrected chi connectivity index (χ1v) is 9.57. The molecule has 31 heavy (non-hydrogen) atoms. The molecule has 1 heterocycles. The van der Waals surface area contributed by atoms with Gasteiger partial charge in [0.15, 0.2) is 0 Å². The summed E-state index contributed by atoms with van der Waals surface area (Å²) in [5.74, 6) is 0.810. The number of hydrogen-bond acceptors (Lipinski definition) is 8. The number of nitrogens with zero attached hydrogens (tertiary/aromatic N) is 1. The zero-order valence-corrected chi connectivity index (χ0v) is 17.7. The zero-order valence-electron chi connectivity index (χ0n) is 17.0. The summed E-state index contributed by atoms with van der Waals surface area (Å²) in [4.78, 5) is 30.0. The van der Waals surface area contributed by atoms with Crippen molar-refractivity contribution in [2.45, 2.75) is 32.8 Å². The maximum atomic E-state index is 12.7.